The van der Waals surface area contributed by atoms with E-state index in [0.717, 1.165) is 90.7 Å². The van der Waals surface area contributed by atoms with Gasteiger partial charge in [-0.25, -0.2) is 9.98 Å². The second-order valence-electron chi connectivity index (χ2n) is 13.6. The number of fused-ring (bicyclic) bond motifs is 7. The maximum Gasteiger partial charge on any atom is 0.220 e. The number of rotatable bonds is 7. The van der Waals surface area contributed by atoms with Gasteiger partial charge in [-0.05, 0) is 80.4 Å². The van der Waals surface area contributed by atoms with Crippen molar-refractivity contribution >= 4 is 73.6 Å². The lowest BCUT2D eigenvalue weighted by atomic mass is 9.98. The summed E-state index contributed by atoms with van der Waals surface area (Å²) in [5.74, 6) is 1.75. The van der Waals surface area contributed by atoms with Gasteiger partial charge in [-0.15, -0.1) is 12.8 Å². The van der Waals surface area contributed by atoms with Gasteiger partial charge in [0.1, 0.15) is 17.0 Å². The molecule has 0 radical (unpaired) electrons. The zero-order valence-corrected chi connectivity index (χ0v) is 33.5. The molecule has 1 unspecified atom stereocenters. The summed E-state index contributed by atoms with van der Waals surface area (Å²) in [4.78, 5) is 17.9. The Morgan fingerprint density at radius 2 is 1.66 bits per heavy atom. The third-order valence-corrected chi connectivity index (χ3v) is 10.0. The van der Waals surface area contributed by atoms with Gasteiger partial charge < -0.3 is 4.42 Å². The molecular formula is C52H47N5O. The fourth-order valence-electron chi connectivity index (χ4n) is 7.46. The summed E-state index contributed by atoms with van der Waals surface area (Å²) < 4.78 is 8.78. The van der Waals surface area contributed by atoms with Crippen LogP contribution in [-0.2, 0) is 6.54 Å². The molecule has 0 saturated heterocycles. The molecule has 3 heterocycles. The Hall–Kier alpha value is -7.23. The molecule has 58 heavy (non-hydrogen) atoms. The lowest BCUT2D eigenvalue weighted by molar-refractivity contribution is 0.669. The standard InChI is InChI=1S/C48H39N5O.C2H6.C2H2/c1-3-4-7-22-37-30-36-21-12-14-25-42(36)52(48-51-41-24-13-15-26-43(41)53(37)48)38-28-29-44-40(31-38)46-39(23-16-27-45(46)54-44)33(2)50-47(35-19-10-6-11-20-35)49-32-34-17-8-5-9-18-34;2*1-2/h3-19,21-31,35H,20,32H2,1-2H3;1-2H3;1-2H/b4-3-,22-7-,49-47?,50-33?;;. The number of aliphatic imine (C=N–C) groups is 2. The molecule has 0 fully saturated rings. The Kier molecular flexibility index (Phi) is 12.2. The molecule has 0 saturated carbocycles. The summed E-state index contributed by atoms with van der Waals surface area (Å²) in [5, 5.41) is 2.04. The maximum absolute atomic E-state index is 6.53. The molecule has 0 amide bonds. The highest BCUT2D eigenvalue weighted by Gasteiger charge is 2.27. The van der Waals surface area contributed by atoms with Crippen molar-refractivity contribution in [1.82, 2.24) is 9.55 Å². The van der Waals surface area contributed by atoms with E-state index in [4.69, 9.17) is 19.4 Å². The minimum Gasteiger partial charge on any atom is -0.456 e. The van der Waals surface area contributed by atoms with E-state index < -0.39 is 0 Å². The van der Waals surface area contributed by atoms with Crippen LogP contribution in [0.2, 0.25) is 0 Å². The van der Waals surface area contributed by atoms with Gasteiger partial charge in [0, 0.05) is 44.9 Å². The summed E-state index contributed by atoms with van der Waals surface area (Å²) >= 11 is 0. The minimum absolute atomic E-state index is 0.106. The van der Waals surface area contributed by atoms with Gasteiger partial charge in [-0.3, -0.25) is 14.5 Å². The first kappa shape index (κ1) is 39.0. The van der Waals surface area contributed by atoms with Gasteiger partial charge in [-0.2, -0.15) is 0 Å². The van der Waals surface area contributed by atoms with Crippen LogP contribution in [0.4, 0.5) is 17.3 Å². The number of anilines is 3. The molecule has 0 N–H and O–H groups in total. The fraction of sp³-hybridized carbons (Fsp3) is 0.135. The number of aromatic nitrogens is 2. The quantitative estimate of drug-likeness (QED) is 0.0704. The zero-order chi connectivity index (χ0) is 40.4. The summed E-state index contributed by atoms with van der Waals surface area (Å²) in [6.45, 7) is 8.69. The topological polar surface area (TPSA) is 58.9 Å². The van der Waals surface area contributed by atoms with Crippen molar-refractivity contribution in [1.29, 1.82) is 0 Å². The Bertz CT molecular complexity index is 2800. The average Bonchev–Trinajstić information content (AvgIpc) is 3.82. The third-order valence-electron chi connectivity index (χ3n) is 10.0. The number of imidazole rings is 1. The van der Waals surface area contributed by atoms with Gasteiger partial charge in [0.05, 0.1) is 23.3 Å². The number of para-hydroxylation sites is 3. The highest BCUT2D eigenvalue weighted by Crippen LogP contribution is 2.44. The van der Waals surface area contributed by atoms with Crippen LogP contribution in [0, 0.1) is 18.8 Å². The Balaban J connectivity index is 0.00000124. The van der Waals surface area contributed by atoms with Crippen LogP contribution in [0.15, 0.2) is 178 Å². The number of terminal acetylenes is 1. The molecule has 2 aliphatic rings. The van der Waals surface area contributed by atoms with Crippen LogP contribution in [0.3, 0.4) is 0 Å². The number of hydrogen-bond acceptors (Lipinski definition) is 4. The third kappa shape index (κ3) is 7.76. The molecule has 9 rings (SSSR count). The van der Waals surface area contributed by atoms with E-state index in [9.17, 15) is 0 Å². The maximum atomic E-state index is 6.53. The molecule has 1 aliphatic carbocycles. The van der Waals surface area contributed by atoms with Gasteiger partial charge in [0.15, 0.2) is 0 Å². The first-order valence-electron chi connectivity index (χ1n) is 19.8. The van der Waals surface area contributed by atoms with Gasteiger partial charge >= 0.3 is 0 Å². The Morgan fingerprint density at radius 3 is 2.47 bits per heavy atom. The van der Waals surface area contributed by atoms with Crippen LogP contribution in [-0.4, -0.2) is 21.1 Å². The minimum atomic E-state index is 0.106. The highest BCUT2D eigenvalue weighted by atomic mass is 16.3. The van der Waals surface area contributed by atoms with Gasteiger partial charge in [0.2, 0.25) is 5.95 Å². The Morgan fingerprint density at radius 1 is 0.862 bits per heavy atom. The summed E-state index contributed by atoms with van der Waals surface area (Å²) in [6.07, 6.45) is 28.0. The fourth-order valence-corrected chi connectivity index (χ4v) is 7.46. The number of nitrogens with zero attached hydrogens (tertiary/aromatic N) is 5. The normalized spacial score (nSPS) is 15.2. The van der Waals surface area contributed by atoms with Crippen molar-refractivity contribution in [3.05, 3.63) is 181 Å². The number of allylic oxidation sites excluding steroid dienone is 8. The lowest BCUT2D eigenvalue weighted by Gasteiger charge is -2.24. The SMILES string of the molecule is C#C.C/C=C\C=C/C1=Cc2ccccc2N(c2ccc3oc4cccc(C(C)=NC(=NCc5ccccc5)C5C=CC=CC5)c4c3c2)c2nc3ccccc3n21.CC. The molecule has 0 spiro atoms. The van der Waals surface area contributed by atoms with Crippen molar-refractivity contribution in [3.8, 4) is 12.8 Å². The molecule has 1 atom stereocenters. The van der Waals surface area contributed by atoms with E-state index in [2.05, 4.69) is 169 Å². The van der Waals surface area contributed by atoms with Crippen molar-refractivity contribution in [2.75, 3.05) is 4.90 Å². The first-order valence-corrected chi connectivity index (χ1v) is 19.8. The van der Waals surface area contributed by atoms with Crippen molar-refractivity contribution in [2.45, 2.75) is 40.7 Å². The van der Waals surface area contributed by atoms with Crippen LogP contribution < -0.4 is 4.90 Å². The smallest absolute Gasteiger partial charge is 0.220 e. The molecule has 7 aromatic rings. The van der Waals surface area contributed by atoms with Crippen molar-refractivity contribution in [2.24, 2.45) is 15.9 Å². The van der Waals surface area contributed by atoms with Gasteiger partial charge in [-0.1, -0.05) is 129 Å². The van der Waals surface area contributed by atoms with Crippen LogP contribution in [0.25, 0.3) is 44.7 Å². The number of amidine groups is 1. The number of furan rings is 1. The Labute approximate surface area is 341 Å². The lowest BCUT2D eigenvalue weighted by Crippen LogP contribution is -2.14. The summed E-state index contributed by atoms with van der Waals surface area (Å²) in [6, 6.07) is 39.9. The highest BCUT2D eigenvalue weighted by molar-refractivity contribution is 6.20. The van der Waals surface area contributed by atoms with E-state index in [0.29, 0.717) is 6.54 Å². The number of hydrogen-bond donors (Lipinski definition) is 0. The van der Waals surface area contributed by atoms with Crippen LogP contribution in [0.1, 0.15) is 50.8 Å². The van der Waals surface area contributed by atoms with E-state index in [1.807, 2.05) is 51.1 Å². The zero-order valence-electron chi connectivity index (χ0n) is 33.5. The molecule has 1 aliphatic heterocycles. The average molecular weight is 758 g/mol. The molecule has 286 valence electrons. The predicted octanol–water partition coefficient (Wildman–Crippen LogP) is 13.7. The van der Waals surface area contributed by atoms with E-state index in [1.165, 1.54) is 0 Å². The summed E-state index contributed by atoms with van der Waals surface area (Å²) in [5.41, 5.74) is 10.8. The van der Waals surface area contributed by atoms with E-state index in [1.54, 1.807) is 0 Å². The molecular weight excluding hydrogens is 711 g/mol. The van der Waals surface area contributed by atoms with Crippen molar-refractivity contribution in [3.63, 3.8) is 0 Å². The first-order chi connectivity index (χ1) is 28.7. The molecule has 2 aromatic heterocycles. The predicted molar refractivity (Wildman–Crippen MR) is 247 cm³/mol. The second kappa shape index (κ2) is 18.1. The molecule has 6 heteroatoms. The number of benzene rings is 5. The van der Waals surface area contributed by atoms with E-state index >= 15 is 0 Å². The van der Waals surface area contributed by atoms with Gasteiger partial charge in [0.25, 0.3) is 0 Å². The molecule has 0 bridgehead atoms. The molecule has 6 nitrogen and oxygen atoms in total. The van der Waals surface area contributed by atoms with Crippen LogP contribution >= 0.6 is 0 Å². The van der Waals surface area contributed by atoms with E-state index in [-0.39, 0.29) is 5.92 Å². The molecule has 5 aromatic carbocycles. The second-order valence-corrected chi connectivity index (χ2v) is 13.6. The monoisotopic (exact) mass is 757 g/mol. The largest absolute Gasteiger partial charge is 0.456 e. The van der Waals surface area contributed by atoms with Crippen LogP contribution in [0.5, 0.6) is 0 Å². The van der Waals surface area contributed by atoms with Crippen molar-refractivity contribution < 1.29 is 4.42 Å². The summed E-state index contributed by atoms with van der Waals surface area (Å²) in [7, 11) is 0.